The summed E-state index contributed by atoms with van der Waals surface area (Å²) in [6.45, 7) is 5.71. The van der Waals surface area contributed by atoms with Crippen molar-refractivity contribution in [3.05, 3.63) is 42.0 Å². The van der Waals surface area contributed by atoms with Gasteiger partial charge in [0, 0.05) is 49.4 Å². The Morgan fingerprint density at radius 1 is 1.26 bits per heavy atom. The molecule has 4 rings (SSSR count). The van der Waals surface area contributed by atoms with Crippen LogP contribution in [0.25, 0.3) is 22.6 Å². The number of pyridine rings is 1. The summed E-state index contributed by atoms with van der Waals surface area (Å²) in [6.07, 6.45) is 5.64. The average molecular weight is 365 g/mol. The summed E-state index contributed by atoms with van der Waals surface area (Å²) in [4.78, 5) is 16.0. The molecule has 0 bridgehead atoms. The lowest BCUT2D eigenvalue weighted by molar-refractivity contribution is 0.208. The van der Waals surface area contributed by atoms with Crippen molar-refractivity contribution in [2.45, 2.75) is 26.7 Å². The van der Waals surface area contributed by atoms with Crippen LogP contribution in [0.5, 0.6) is 0 Å². The predicted octanol–water partition coefficient (Wildman–Crippen LogP) is 3.02. The number of nitrogens with zero attached hydrogens (tertiary/aromatic N) is 5. The second-order valence-corrected chi connectivity index (χ2v) is 7.04. The maximum absolute atomic E-state index is 9.52. The lowest BCUT2D eigenvalue weighted by atomic mass is 9.99. The Morgan fingerprint density at radius 2 is 2.15 bits per heavy atom. The third-order valence-corrected chi connectivity index (χ3v) is 4.99. The van der Waals surface area contributed by atoms with Crippen LogP contribution in [0.3, 0.4) is 0 Å². The fraction of sp³-hybridized carbons (Fsp3) is 0.400. The highest BCUT2D eigenvalue weighted by Gasteiger charge is 2.23. The molecule has 0 radical (unpaired) electrons. The average Bonchev–Trinajstić information content (AvgIpc) is 3.14. The highest BCUT2D eigenvalue weighted by atomic mass is 16.5. The van der Waals surface area contributed by atoms with E-state index in [2.05, 4.69) is 20.0 Å². The summed E-state index contributed by atoms with van der Waals surface area (Å²) in [5, 5.41) is 13.5. The number of piperidine rings is 1. The molecule has 1 N–H and O–H groups in total. The van der Waals surface area contributed by atoms with Gasteiger partial charge in [0.15, 0.2) is 5.76 Å². The Hall–Kier alpha value is -2.80. The van der Waals surface area contributed by atoms with E-state index in [1.54, 1.807) is 12.4 Å². The van der Waals surface area contributed by atoms with Gasteiger partial charge in [0.2, 0.25) is 5.95 Å². The van der Waals surface area contributed by atoms with Crippen LogP contribution in [0, 0.1) is 19.8 Å². The Balaban J connectivity index is 1.80. The van der Waals surface area contributed by atoms with Crippen LogP contribution < -0.4 is 4.90 Å². The zero-order valence-electron chi connectivity index (χ0n) is 15.6. The van der Waals surface area contributed by atoms with Crippen LogP contribution in [0.15, 0.2) is 35.1 Å². The topological polar surface area (TPSA) is 88.2 Å². The van der Waals surface area contributed by atoms with Gasteiger partial charge in [-0.1, -0.05) is 5.16 Å². The normalized spacial score (nSPS) is 17.3. The lowest BCUT2D eigenvalue weighted by Gasteiger charge is -2.32. The van der Waals surface area contributed by atoms with Crippen molar-refractivity contribution in [3.8, 4) is 22.6 Å². The standard InChI is InChI=1S/C20H23N5O2/c1-13-9-18(27-24-13)17-10-22-20(25-8-4-5-15(11-25)12-26)23-19(17)16-6-3-7-21-14(16)2/h3,6-7,9-10,15,26H,4-5,8,11-12H2,1-2H3. The minimum Gasteiger partial charge on any atom is -0.396 e. The molecule has 7 heteroatoms. The minimum atomic E-state index is 0.195. The number of aromatic nitrogens is 4. The van der Waals surface area contributed by atoms with Crippen molar-refractivity contribution in [2.75, 3.05) is 24.6 Å². The quantitative estimate of drug-likeness (QED) is 0.760. The summed E-state index contributed by atoms with van der Waals surface area (Å²) in [5.41, 5.74) is 4.23. The Labute approximate surface area is 158 Å². The zero-order chi connectivity index (χ0) is 18.8. The van der Waals surface area contributed by atoms with Gasteiger partial charge in [-0.3, -0.25) is 4.98 Å². The summed E-state index contributed by atoms with van der Waals surface area (Å²) < 4.78 is 5.48. The Morgan fingerprint density at radius 3 is 2.89 bits per heavy atom. The smallest absolute Gasteiger partial charge is 0.225 e. The highest BCUT2D eigenvalue weighted by Crippen LogP contribution is 2.33. The molecule has 4 heterocycles. The van der Waals surface area contributed by atoms with Gasteiger partial charge >= 0.3 is 0 Å². The molecule has 0 saturated carbocycles. The third-order valence-electron chi connectivity index (χ3n) is 4.99. The molecular weight excluding hydrogens is 342 g/mol. The van der Waals surface area contributed by atoms with Gasteiger partial charge in [-0.25, -0.2) is 9.97 Å². The maximum atomic E-state index is 9.52. The first-order valence-electron chi connectivity index (χ1n) is 9.24. The van der Waals surface area contributed by atoms with E-state index < -0.39 is 0 Å². The van der Waals surface area contributed by atoms with Crippen LogP contribution >= 0.6 is 0 Å². The molecule has 140 valence electrons. The molecule has 3 aromatic heterocycles. The molecule has 0 amide bonds. The van der Waals surface area contributed by atoms with Crippen LogP contribution in [0.2, 0.25) is 0 Å². The number of anilines is 1. The number of hydrogen-bond acceptors (Lipinski definition) is 7. The van der Waals surface area contributed by atoms with Crippen LogP contribution in [-0.2, 0) is 0 Å². The molecule has 1 atom stereocenters. The molecule has 0 aliphatic carbocycles. The van der Waals surface area contributed by atoms with Gasteiger partial charge in [0.05, 0.1) is 17.0 Å². The van der Waals surface area contributed by atoms with Crippen LogP contribution in [0.4, 0.5) is 5.95 Å². The first kappa shape index (κ1) is 17.6. The fourth-order valence-corrected chi connectivity index (χ4v) is 3.53. The molecule has 7 nitrogen and oxygen atoms in total. The summed E-state index contributed by atoms with van der Waals surface area (Å²) >= 11 is 0. The molecule has 1 aliphatic heterocycles. The molecule has 1 saturated heterocycles. The van der Waals surface area contributed by atoms with E-state index >= 15 is 0 Å². The number of aliphatic hydroxyl groups is 1. The van der Waals surface area contributed by atoms with E-state index in [9.17, 15) is 5.11 Å². The van der Waals surface area contributed by atoms with Crippen molar-refractivity contribution < 1.29 is 9.63 Å². The van der Waals surface area contributed by atoms with E-state index in [1.807, 2.05) is 32.0 Å². The van der Waals surface area contributed by atoms with E-state index in [4.69, 9.17) is 9.51 Å². The Kier molecular flexibility index (Phi) is 4.85. The van der Waals surface area contributed by atoms with Crippen molar-refractivity contribution in [1.82, 2.24) is 20.1 Å². The molecule has 27 heavy (non-hydrogen) atoms. The number of aliphatic hydroxyl groups excluding tert-OH is 1. The zero-order valence-corrected chi connectivity index (χ0v) is 15.6. The lowest BCUT2D eigenvalue weighted by Crippen LogP contribution is -2.37. The Bertz CT molecular complexity index is 940. The monoisotopic (exact) mass is 365 g/mol. The van der Waals surface area contributed by atoms with E-state index in [0.717, 1.165) is 54.1 Å². The minimum absolute atomic E-state index is 0.195. The maximum Gasteiger partial charge on any atom is 0.225 e. The second-order valence-electron chi connectivity index (χ2n) is 7.04. The van der Waals surface area contributed by atoms with Crippen LogP contribution in [-0.4, -0.2) is 44.9 Å². The van der Waals surface area contributed by atoms with Gasteiger partial charge in [-0.05, 0) is 44.7 Å². The van der Waals surface area contributed by atoms with Crippen molar-refractivity contribution in [2.24, 2.45) is 5.92 Å². The van der Waals surface area contributed by atoms with E-state index in [-0.39, 0.29) is 12.5 Å². The van der Waals surface area contributed by atoms with E-state index in [1.165, 1.54) is 0 Å². The predicted molar refractivity (Wildman–Crippen MR) is 102 cm³/mol. The van der Waals surface area contributed by atoms with Gasteiger partial charge in [-0.15, -0.1) is 0 Å². The number of rotatable bonds is 4. The van der Waals surface area contributed by atoms with Gasteiger partial charge in [-0.2, -0.15) is 0 Å². The van der Waals surface area contributed by atoms with Gasteiger partial charge in [0.25, 0.3) is 0 Å². The molecule has 0 spiro atoms. The van der Waals surface area contributed by atoms with Crippen molar-refractivity contribution in [1.29, 1.82) is 0 Å². The molecule has 1 fully saturated rings. The molecule has 1 aliphatic rings. The number of aryl methyl sites for hydroxylation is 2. The first-order chi connectivity index (χ1) is 13.2. The fourth-order valence-electron chi connectivity index (χ4n) is 3.53. The molecule has 0 aromatic carbocycles. The largest absolute Gasteiger partial charge is 0.396 e. The SMILES string of the molecule is Cc1cc(-c2cnc(N3CCCC(CO)C3)nc2-c2cccnc2C)on1. The number of hydrogen-bond donors (Lipinski definition) is 1. The van der Waals surface area contributed by atoms with E-state index in [0.29, 0.717) is 11.7 Å². The van der Waals surface area contributed by atoms with Gasteiger partial charge < -0.3 is 14.5 Å². The summed E-state index contributed by atoms with van der Waals surface area (Å²) in [5.74, 6) is 1.58. The summed E-state index contributed by atoms with van der Waals surface area (Å²) in [7, 11) is 0. The van der Waals surface area contributed by atoms with Gasteiger partial charge in [0.1, 0.15) is 0 Å². The second kappa shape index (κ2) is 7.44. The third kappa shape index (κ3) is 3.55. The molecular formula is C20H23N5O2. The van der Waals surface area contributed by atoms with Crippen LogP contribution in [0.1, 0.15) is 24.2 Å². The van der Waals surface area contributed by atoms with Crippen molar-refractivity contribution in [3.63, 3.8) is 0 Å². The first-order valence-corrected chi connectivity index (χ1v) is 9.24. The summed E-state index contributed by atoms with van der Waals surface area (Å²) in [6, 6.07) is 5.80. The highest BCUT2D eigenvalue weighted by molar-refractivity contribution is 5.79. The molecule has 1 unspecified atom stereocenters. The van der Waals surface area contributed by atoms with Crippen molar-refractivity contribution >= 4 is 5.95 Å². The molecule has 3 aromatic rings.